The summed E-state index contributed by atoms with van der Waals surface area (Å²) >= 11 is -0.124. The number of methoxy groups -OCH3 is 2. The Hall–Kier alpha value is -2.11. The number of unbranched alkanes of at least 4 members (excludes halogenated alkanes) is 1. The summed E-state index contributed by atoms with van der Waals surface area (Å²) in [5, 5.41) is 5.74. The number of nitrogens with zero attached hydrogens (tertiary/aromatic N) is 2. The summed E-state index contributed by atoms with van der Waals surface area (Å²) in [4.78, 5) is 19.9. The van der Waals surface area contributed by atoms with Gasteiger partial charge >= 0.3 is 11.9 Å². The number of thioether (sulfide) groups is 1. The van der Waals surface area contributed by atoms with Gasteiger partial charge in [-0.2, -0.15) is 18.7 Å². The number of carbonyl (C=O) groups is 1. The average Bonchev–Trinajstić information content (AvgIpc) is 2.71. The first-order valence-electron chi connectivity index (χ1n) is 9.29. The van der Waals surface area contributed by atoms with Crippen LogP contribution in [0.5, 0.6) is 11.8 Å². The maximum atomic E-state index is 16.8. The number of halogens is 5. The van der Waals surface area contributed by atoms with Crippen LogP contribution in [0.3, 0.4) is 0 Å². The molecular formula is C19H23F5N2O4S. The van der Waals surface area contributed by atoms with Gasteiger partial charge in [0.25, 0.3) is 0 Å². The largest absolute Gasteiger partial charge is 0.481 e. The molecule has 1 aliphatic carbocycles. The van der Waals surface area contributed by atoms with E-state index >= 15 is 8.78 Å². The highest BCUT2D eigenvalue weighted by molar-refractivity contribution is 8.00. The van der Waals surface area contributed by atoms with E-state index in [9.17, 15) is 23.1 Å². The first-order valence-corrected chi connectivity index (χ1v) is 10.1. The van der Waals surface area contributed by atoms with Crippen molar-refractivity contribution in [3.05, 3.63) is 17.7 Å². The first kappa shape index (κ1) is 25.2. The summed E-state index contributed by atoms with van der Waals surface area (Å²) in [6.07, 6.45) is -0.545. The SMILES string of the molecule is CCCCC1(C(=O)O)C(F)=C(F)C(F)(F)C(C)(C)C1(F)Sc1nc(OC)cc(OC)n1. The van der Waals surface area contributed by atoms with Crippen molar-refractivity contribution >= 4 is 17.7 Å². The van der Waals surface area contributed by atoms with Crippen molar-refractivity contribution in [2.24, 2.45) is 10.8 Å². The predicted molar refractivity (Wildman–Crippen MR) is 102 cm³/mol. The molecule has 2 rings (SSSR count). The number of rotatable bonds is 8. The van der Waals surface area contributed by atoms with Gasteiger partial charge in [-0.25, -0.2) is 13.2 Å². The van der Waals surface area contributed by atoms with E-state index in [4.69, 9.17) is 9.47 Å². The second-order valence-electron chi connectivity index (χ2n) is 7.57. The number of aliphatic carboxylic acids is 1. The Morgan fingerprint density at radius 1 is 1.10 bits per heavy atom. The van der Waals surface area contributed by atoms with Crippen LogP contribution in [0.25, 0.3) is 0 Å². The Morgan fingerprint density at radius 2 is 1.61 bits per heavy atom. The number of hydrogen-bond donors (Lipinski definition) is 1. The molecule has 1 heterocycles. The van der Waals surface area contributed by atoms with E-state index in [1.54, 1.807) is 6.92 Å². The number of carboxylic acids is 1. The van der Waals surface area contributed by atoms with Crippen LogP contribution in [0.4, 0.5) is 22.0 Å². The normalized spacial score (nSPS) is 27.2. The Balaban J connectivity index is 2.87. The van der Waals surface area contributed by atoms with Crippen molar-refractivity contribution < 1.29 is 41.3 Å². The van der Waals surface area contributed by atoms with Gasteiger partial charge in [0.1, 0.15) is 0 Å². The highest BCUT2D eigenvalue weighted by Crippen LogP contribution is 2.70. The molecule has 0 aromatic carbocycles. The average molecular weight is 470 g/mol. The Labute approximate surface area is 180 Å². The fourth-order valence-corrected chi connectivity index (χ4v) is 4.87. The van der Waals surface area contributed by atoms with E-state index < -0.39 is 51.0 Å². The van der Waals surface area contributed by atoms with Gasteiger partial charge in [-0.3, -0.25) is 4.79 Å². The van der Waals surface area contributed by atoms with Crippen LogP contribution in [0.1, 0.15) is 40.0 Å². The van der Waals surface area contributed by atoms with E-state index in [2.05, 4.69) is 9.97 Å². The quantitative estimate of drug-likeness (QED) is 0.406. The second kappa shape index (κ2) is 8.44. The third kappa shape index (κ3) is 3.52. The van der Waals surface area contributed by atoms with Gasteiger partial charge in [0, 0.05) is 0 Å². The minimum Gasteiger partial charge on any atom is -0.481 e. The summed E-state index contributed by atoms with van der Waals surface area (Å²) in [6, 6.07) is 1.22. The maximum Gasteiger partial charge on any atom is 0.320 e. The van der Waals surface area contributed by atoms with Crippen LogP contribution >= 0.6 is 11.8 Å². The Kier molecular flexibility index (Phi) is 6.85. The van der Waals surface area contributed by atoms with E-state index in [-0.39, 0.29) is 36.4 Å². The number of ether oxygens (including phenoxy) is 2. The minimum atomic E-state index is -4.65. The predicted octanol–water partition coefficient (Wildman–Crippen LogP) is 5.34. The molecule has 31 heavy (non-hydrogen) atoms. The number of allylic oxidation sites excluding steroid dienone is 1. The molecule has 174 valence electrons. The summed E-state index contributed by atoms with van der Waals surface area (Å²) in [5.41, 5.74) is -6.27. The fraction of sp³-hybridized carbons (Fsp3) is 0.632. The Morgan fingerprint density at radius 3 is 2.03 bits per heavy atom. The monoisotopic (exact) mass is 470 g/mol. The van der Waals surface area contributed by atoms with Crippen LogP contribution in [0.15, 0.2) is 22.9 Å². The summed E-state index contributed by atoms with van der Waals surface area (Å²) in [5.74, 6) is -11.9. The zero-order valence-corrected chi connectivity index (χ0v) is 18.4. The topological polar surface area (TPSA) is 81.5 Å². The molecule has 6 nitrogen and oxygen atoms in total. The van der Waals surface area contributed by atoms with Crippen LogP contribution in [0.2, 0.25) is 0 Å². The maximum absolute atomic E-state index is 16.8. The van der Waals surface area contributed by atoms with Crippen molar-refractivity contribution in [2.45, 2.75) is 56.1 Å². The number of hydrogen-bond acceptors (Lipinski definition) is 6. The molecule has 0 saturated heterocycles. The highest BCUT2D eigenvalue weighted by atomic mass is 32.2. The second-order valence-corrected chi connectivity index (χ2v) is 8.71. The fourth-order valence-electron chi connectivity index (χ4n) is 3.51. The smallest absolute Gasteiger partial charge is 0.320 e. The molecule has 12 heteroatoms. The zero-order chi connectivity index (χ0) is 23.8. The van der Waals surface area contributed by atoms with Gasteiger partial charge in [-0.15, -0.1) is 0 Å². The van der Waals surface area contributed by atoms with Gasteiger partial charge in [-0.1, -0.05) is 19.8 Å². The molecule has 0 amide bonds. The molecule has 1 aromatic heterocycles. The molecule has 0 fully saturated rings. The third-order valence-electron chi connectivity index (χ3n) is 5.56. The van der Waals surface area contributed by atoms with Crippen molar-refractivity contribution in [3.63, 3.8) is 0 Å². The van der Waals surface area contributed by atoms with Crippen LogP contribution in [-0.4, -0.2) is 46.2 Å². The first-order chi connectivity index (χ1) is 14.3. The van der Waals surface area contributed by atoms with Gasteiger partial charge in [0.15, 0.2) is 21.4 Å². The number of alkyl halides is 3. The molecule has 0 spiro atoms. The van der Waals surface area contributed by atoms with E-state index in [1.165, 1.54) is 20.3 Å². The van der Waals surface area contributed by atoms with Crippen molar-refractivity contribution in [2.75, 3.05) is 14.2 Å². The van der Waals surface area contributed by atoms with Crippen molar-refractivity contribution in [1.29, 1.82) is 0 Å². The lowest BCUT2D eigenvalue weighted by Gasteiger charge is -2.54. The molecule has 1 aliphatic rings. The molecule has 1 N–H and O–H groups in total. The standard InChI is InChI=1S/C19H23F5N2O4S/c1-6-7-8-17(14(27)28)12(20)13(21)18(22,23)16(2,3)19(17,24)31-15-25-10(29-4)9-11(26-15)30-5/h9H,6-8H2,1-5H3,(H,27,28). The lowest BCUT2D eigenvalue weighted by atomic mass is 9.60. The Bertz CT molecular complexity index is 876. The van der Waals surface area contributed by atoms with Crippen LogP contribution in [-0.2, 0) is 4.79 Å². The highest BCUT2D eigenvalue weighted by Gasteiger charge is 2.79. The molecule has 0 bridgehead atoms. The van der Waals surface area contributed by atoms with Gasteiger partial charge in [0.2, 0.25) is 17.6 Å². The van der Waals surface area contributed by atoms with Crippen LogP contribution in [0, 0.1) is 10.8 Å². The molecule has 1 aromatic rings. The molecule has 0 radical (unpaired) electrons. The van der Waals surface area contributed by atoms with E-state index in [1.807, 2.05) is 0 Å². The summed E-state index contributed by atoms with van der Waals surface area (Å²) < 4.78 is 86.0. The summed E-state index contributed by atoms with van der Waals surface area (Å²) in [7, 11) is 2.45. The third-order valence-corrected chi connectivity index (χ3v) is 7.07. The minimum absolute atomic E-state index is 0.0663. The van der Waals surface area contributed by atoms with Crippen molar-refractivity contribution in [1.82, 2.24) is 9.97 Å². The molecule has 2 unspecified atom stereocenters. The van der Waals surface area contributed by atoms with Gasteiger partial charge < -0.3 is 14.6 Å². The lowest BCUT2D eigenvalue weighted by molar-refractivity contribution is -0.198. The molecule has 0 saturated carbocycles. The van der Waals surface area contributed by atoms with Gasteiger partial charge in [-0.05, 0) is 32.0 Å². The molecule has 2 atom stereocenters. The molecular weight excluding hydrogens is 447 g/mol. The summed E-state index contributed by atoms with van der Waals surface area (Å²) in [6.45, 7) is 2.90. The lowest BCUT2D eigenvalue weighted by Crippen LogP contribution is -2.66. The van der Waals surface area contributed by atoms with Crippen LogP contribution < -0.4 is 9.47 Å². The van der Waals surface area contributed by atoms with E-state index in [0.29, 0.717) is 13.8 Å². The van der Waals surface area contributed by atoms with Crippen molar-refractivity contribution in [3.8, 4) is 11.8 Å². The van der Waals surface area contributed by atoms with Gasteiger partial charge in [0.05, 0.1) is 25.7 Å². The molecule has 0 aliphatic heterocycles. The zero-order valence-electron chi connectivity index (χ0n) is 17.6. The number of carboxylic acid groups (broad SMARTS) is 1. The number of aromatic nitrogens is 2. The van der Waals surface area contributed by atoms with E-state index in [0.717, 1.165) is 0 Å².